The first kappa shape index (κ1) is 20.5. The van der Waals surface area contributed by atoms with Crippen LogP contribution in [0.4, 0.5) is 5.69 Å². The van der Waals surface area contributed by atoms with Gasteiger partial charge in [-0.05, 0) is 67.1 Å². The number of carbonyl (C=O) groups excluding carboxylic acids is 1. The summed E-state index contributed by atoms with van der Waals surface area (Å²) in [5.41, 5.74) is 2.57. The first-order chi connectivity index (χ1) is 13.9. The highest BCUT2D eigenvalue weighted by Gasteiger charge is 2.24. The monoisotopic (exact) mass is 412 g/mol. The number of methoxy groups -OCH3 is 1. The molecule has 1 atom stereocenters. The van der Waals surface area contributed by atoms with Crippen LogP contribution >= 0.6 is 11.8 Å². The van der Waals surface area contributed by atoms with Gasteiger partial charge in [-0.25, -0.2) is 9.79 Å². The summed E-state index contributed by atoms with van der Waals surface area (Å²) < 4.78 is 10.7. The van der Waals surface area contributed by atoms with E-state index in [-0.39, 0.29) is 5.91 Å². The number of carboxylic acid groups (broad SMARTS) is 1. The number of nitrogens with one attached hydrogen (secondary N) is 1. The first-order valence-electron chi connectivity index (χ1n) is 8.79. The number of aryl methyl sites for hydroxylation is 1. The van der Waals surface area contributed by atoms with Crippen LogP contribution in [0, 0.1) is 6.92 Å². The van der Waals surface area contributed by atoms with Crippen molar-refractivity contribution < 1.29 is 24.2 Å². The Morgan fingerprint density at radius 2 is 2.03 bits per heavy atom. The normalized spacial score (nSPS) is 17.3. The first-order valence-corrected chi connectivity index (χ1v) is 9.61. The molecule has 0 aromatic heterocycles. The average molecular weight is 412 g/mol. The molecule has 0 radical (unpaired) electrons. The zero-order valence-electron chi connectivity index (χ0n) is 16.1. The summed E-state index contributed by atoms with van der Waals surface area (Å²) in [6, 6.07) is 12.7. The van der Waals surface area contributed by atoms with Gasteiger partial charge < -0.3 is 19.9 Å². The van der Waals surface area contributed by atoms with Crippen molar-refractivity contribution in [2.75, 3.05) is 7.11 Å². The summed E-state index contributed by atoms with van der Waals surface area (Å²) >= 11 is 1.25. The molecular weight excluding hydrogens is 392 g/mol. The van der Waals surface area contributed by atoms with Gasteiger partial charge in [-0.15, -0.1) is 0 Å². The Kier molecular flexibility index (Phi) is 6.23. The molecule has 0 spiro atoms. The van der Waals surface area contributed by atoms with E-state index in [0.717, 1.165) is 11.3 Å². The van der Waals surface area contributed by atoms with Crippen molar-refractivity contribution in [2.24, 2.45) is 4.99 Å². The van der Waals surface area contributed by atoms with Crippen molar-refractivity contribution in [3.05, 3.63) is 58.5 Å². The van der Waals surface area contributed by atoms with Gasteiger partial charge in [0.15, 0.2) is 22.8 Å². The minimum atomic E-state index is -1.07. The molecule has 8 heteroatoms. The van der Waals surface area contributed by atoms with Crippen LogP contribution in [0.25, 0.3) is 6.08 Å². The fourth-order valence-corrected chi connectivity index (χ4v) is 3.40. The van der Waals surface area contributed by atoms with Crippen molar-refractivity contribution in [2.45, 2.75) is 20.0 Å². The van der Waals surface area contributed by atoms with Gasteiger partial charge in [0.05, 0.1) is 17.7 Å². The number of benzene rings is 2. The summed E-state index contributed by atoms with van der Waals surface area (Å²) in [6.07, 6.45) is 0.704. The van der Waals surface area contributed by atoms with Crippen molar-refractivity contribution in [1.82, 2.24) is 5.32 Å². The number of rotatable bonds is 6. The number of aliphatic imine (C=N–C) groups is 1. The maximum Gasteiger partial charge on any atom is 0.344 e. The maximum absolute atomic E-state index is 12.3. The molecule has 1 unspecified atom stereocenters. The van der Waals surface area contributed by atoms with Crippen LogP contribution in [0.15, 0.2) is 52.4 Å². The average Bonchev–Trinajstić information content (AvgIpc) is 3.01. The fourth-order valence-electron chi connectivity index (χ4n) is 2.56. The third kappa shape index (κ3) is 5.17. The molecule has 150 valence electrons. The molecule has 1 fully saturated rings. The van der Waals surface area contributed by atoms with E-state index >= 15 is 0 Å². The number of hydrogen-bond donors (Lipinski definition) is 2. The van der Waals surface area contributed by atoms with Crippen LogP contribution in [0.1, 0.15) is 18.1 Å². The molecule has 1 heterocycles. The smallest absolute Gasteiger partial charge is 0.344 e. The molecule has 0 saturated carbocycles. The number of ether oxygens (including phenoxy) is 2. The van der Waals surface area contributed by atoms with Gasteiger partial charge in [0.1, 0.15) is 0 Å². The van der Waals surface area contributed by atoms with Gasteiger partial charge in [-0.2, -0.15) is 0 Å². The van der Waals surface area contributed by atoms with E-state index in [0.29, 0.717) is 27.1 Å². The van der Waals surface area contributed by atoms with E-state index in [4.69, 9.17) is 14.6 Å². The summed E-state index contributed by atoms with van der Waals surface area (Å²) in [4.78, 5) is 28.2. The van der Waals surface area contributed by atoms with Gasteiger partial charge >= 0.3 is 5.97 Å². The molecule has 2 aromatic carbocycles. The Hall–Kier alpha value is -3.26. The third-order valence-corrected chi connectivity index (χ3v) is 4.93. The van der Waals surface area contributed by atoms with Gasteiger partial charge in [-0.1, -0.05) is 18.2 Å². The number of carbonyl (C=O) groups is 2. The number of amides is 1. The number of hydrogen-bond acceptors (Lipinski definition) is 6. The minimum absolute atomic E-state index is 0.236. The highest BCUT2D eigenvalue weighted by molar-refractivity contribution is 8.18. The van der Waals surface area contributed by atoms with Gasteiger partial charge in [0, 0.05) is 0 Å². The zero-order valence-corrected chi connectivity index (χ0v) is 16.9. The highest BCUT2D eigenvalue weighted by Crippen LogP contribution is 2.32. The SMILES string of the molecule is COc1cc(/C=C2\SC(=Nc3cccc(C)c3)NC2=O)ccc1OC(C)C(=O)O. The molecule has 1 aliphatic heterocycles. The van der Waals surface area contributed by atoms with Crippen LogP contribution in [0.2, 0.25) is 0 Å². The van der Waals surface area contributed by atoms with Crippen LogP contribution in [-0.2, 0) is 9.59 Å². The van der Waals surface area contributed by atoms with Crippen molar-refractivity contribution in [1.29, 1.82) is 0 Å². The summed E-state index contributed by atoms with van der Waals surface area (Å²) in [6.45, 7) is 3.42. The lowest BCUT2D eigenvalue weighted by Gasteiger charge is -2.14. The van der Waals surface area contributed by atoms with E-state index in [2.05, 4.69) is 10.3 Å². The number of nitrogens with zero attached hydrogens (tertiary/aromatic N) is 1. The van der Waals surface area contributed by atoms with E-state index in [1.54, 1.807) is 24.3 Å². The number of thioether (sulfide) groups is 1. The fraction of sp³-hybridized carbons (Fsp3) is 0.190. The summed E-state index contributed by atoms with van der Waals surface area (Å²) in [7, 11) is 1.47. The Balaban J connectivity index is 1.80. The molecule has 2 aromatic rings. The van der Waals surface area contributed by atoms with Crippen LogP contribution in [-0.4, -0.2) is 35.4 Å². The Morgan fingerprint density at radius 1 is 1.24 bits per heavy atom. The molecule has 1 aliphatic rings. The van der Waals surface area contributed by atoms with Crippen LogP contribution < -0.4 is 14.8 Å². The lowest BCUT2D eigenvalue weighted by Crippen LogP contribution is -2.23. The number of aliphatic carboxylic acids is 1. The molecule has 3 rings (SSSR count). The Morgan fingerprint density at radius 3 is 2.72 bits per heavy atom. The summed E-state index contributed by atoms with van der Waals surface area (Å²) in [5, 5.41) is 12.3. The van der Waals surface area contributed by atoms with E-state index in [1.165, 1.54) is 25.8 Å². The quantitative estimate of drug-likeness (QED) is 0.702. The largest absolute Gasteiger partial charge is 0.493 e. The van der Waals surface area contributed by atoms with E-state index in [9.17, 15) is 9.59 Å². The van der Waals surface area contributed by atoms with Crippen LogP contribution in [0.5, 0.6) is 11.5 Å². The standard InChI is InChI=1S/C21H20N2O5S/c1-12-5-4-6-15(9-12)22-21-23-19(24)18(29-21)11-14-7-8-16(17(10-14)27-3)28-13(2)20(25)26/h4-11,13H,1-3H3,(H,25,26)(H,22,23,24)/b18-11-. The molecule has 7 nitrogen and oxygen atoms in total. The molecule has 1 saturated heterocycles. The number of amidine groups is 1. The van der Waals surface area contributed by atoms with Crippen molar-refractivity contribution in [3.63, 3.8) is 0 Å². The third-order valence-electron chi connectivity index (χ3n) is 4.02. The highest BCUT2D eigenvalue weighted by atomic mass is 32.2. The van der Waals surface area contributed by atoms with Gasteiger partial charge in [-0.3, -0.25) is 4.79 Å². The number of carboxylic acids is 1. The maximum atomic E-state index is 12.3. The predicted octanol–water partition coefficient (Wildman–Crippen LogP) is 3.75. The van der Waals surface area contributed by atoms with Crippen LogP contribution in [0.3, 0.4) is 0 Å². The van der Waals surface area contributed by atoms with Gasteiger partial charge in [0.25, 0.3) is 5.91 Å². The second-order valence-corrected chi connectivity index (χ2v) is 7.36. The zero-order chi connectivity index (χ0) is 21.0. The Labute approximate surface area is 172 Å². The molecule has 0 aliphatic carbocycles. The lowest BCUT2D eigenvalue weighted by atomic mass is 10.2. The summed E-state index contributed by atoms with van der Waals surface area (Å²) in [5.74, 6) is -0.614. The molecule has 0 bridgehead atoms. The molecule has 2 N–H and O–H groups in total. The lowest BCUT2D eigenvalue weighted by molar-refractivity contribution is -0.144. The second-order valence-electron chi connectivity index (χ2n) is 6.33. The second kappa shape index (κ2) is 8.83. The minimum Gasteiger partial charge on any atom is -0.493 e. The van der Waals surface area contributed by atoms with Gasteiger partial charge in [0.2, 0.25) is 0 Å². The molecule has 29 heavy (non-hydrogen) atoms. The van der Waals surface area contributed by atoms with Crippen molar-refractivity contribution in [3.8, 4) is 11.5 Å². The van der Waals surface area contributed by atoms with Crippen molar-refractivity contribution >= 4 is 40.6 Å². The molecular formula is C21H20N2O5S. The molecule has 1 amide bonds. The topological polar surface area (TPSA) is 97.2 Å². The Bertz CT molecular complexity index is 1020. The van der Waals surface area contributed by atoms with E-state index < -0.39 is 12.1 Å². The predicted molar refractivity (Wildman–Crippen MR) is 113 cm³/mol. The van der Waals surface area contributed by atoms with E-state index in [1.807, 2.05) is 31.2 Å².